The van der Waals surface area contributed by atoms with Crippen molar-refractivity contribution in [3.8, 4) is 11.5 Å². The first-order valence-corrected chi connectivity index (χ1v) is 8.79. The number of methoxy groups -OCH3 is 2. The van der Waals surface area contributed by atoms with E-state index in [1.165, 1.54) is 26.4 Å². The van der Waals surface area contributed by atoms with Gasteiger partial charge in [0.2, 0.25) is 11.8 Å². The number of rotatable bonds is 7. The van der Waals surface area contributed by atoms with Crippen molar-refractivity contribution in [2.24, 2.45) is 15.9 Å². The number of nitrogens with one attached hydrogen (secondary N) is 2. The van der Waals surface area contributed by atoms with Crippen molar-refractivity contribution in [3.05, 3.63) is 23.3 Å². The fourth-order valence-electron chi connectivity index (χ4n) is 2.35. The zero-order chi connectivity index (χ0) is 21.6. The third-order valence-corrected chi connectivity index (χ3v) is 4.61. The number of hydrogen-bond acceptors (Lipinski definition) is 10. The molecule has 1 aromatic rings. The summed E-state index contributed by atoms with van der Waals surface area (Å²) >= 11 is 0.923. The molecule has 0 spiro atoms. The molecule has 13 heteroatoms. The molecule has 0 saturated carbocycles. The molecule has 1 aromatic carbocycles. The van der Waals surface area contributed by atoms with Gasteiger partial charge in [0.25, 0.3) is 0 Å². The van der Waals surface area contributed by atoms with Crippen LogP contribution in [0.2, 0.25) is 0 Å². The Kier molecular flexibility index (Phi) is 7.14. The number of ether oxygens (including phenoxy) is 2. The first kappa shape index (κ1) is 21.7. The van der Waals surface area contributed by atoms with E-state index in [9.17, 15) is 24.3 Å². The monoisotopic (exact) mass is 422 g/mol. The van der Waals surface area contributed by atoms with Gasteiger partial charge >= 0.3 is 6.03 Å². The summed E-state index contributed by atoms with van der Waals surface area (Å²) in [5.41, 5.74) is 4.70. The van der Waals surface area contributed by atoms with Crippen LogP contribution in [-0.2, 0) is 9.59 Å². The zero-order valence-corrected chi connectivity index (χ0v) is 16.1. The maximum atomic E-state index is 11.9. The van der Waals surface area contributed by atoms with Crippen molar-refractivity contribution in [1.29, 1.82) is 0 Å². The van der Waals surface area contributed by atoms with Gasteiger partial charge < -0.3 is 30.4 Å². The molecule has 1 heterocycles. The number of thioether (sulfide) groups is 1. The normalized spacial score (nSPS) is 17.2. The van der Waals surface area contributed by atoms with Gasteiger partial charge in [-0.2, -0.15) is 5.10 Å². The molecule has 0 aliphatic carbocycles. The van der Waals surface area contributed by atoms with Crippen molar-refractivity contribution in [1.82, 2.24) is 10.6 Å². The number of amidine groups is 1. The molecule has 1 fully saturated rings. The van der Waals surface area contributed by atoms with Gasteiger partial charge in [0.1, 0.15) is 5.25 Å². The molecular formula is C16H16N5O7S-. The van der Waals surface area contributed by atoms with Gasteiger partial charge in [0.05, 0.1) is 32.0 Å². The van der Waals surface area contributed by atoms with E-state index in [1.54, 1.807) is 0 Å². The van der Waals surface area contributed by atoms with Crippen molar-refractivity contribution in [3.63, 3.8) is 0 Å². The number of hydrogen-bond donors (Lipinski definition) is 3. The summed E-state index contributed by atoms with van der Waals surface area (Å²) in [5.74, 6) is -2.54. The molecule has 4 N–H and O–H groups in total. The highest BCUT2D eigenvalue weighted by Crippen LogP contribution is 2.32. The van der Waals surface area contributed by atoms with E-state index in [0.717, 1.165) is 18.0 Å². The van der Waals surface area contributed by atoms with Gasteiger partial charge in [0, 0.05) is 12.0 Å². The molecular weight excluding hydrogens is 406 g/mol. The molecule has 0 bridgehead atoms. The number of carboxylic acids is 1. The van der Waals surface area contributed by atoms with Crippen molar-refractivity contribution in [2.45, 2.75) is 11.7 Å². The van der Waals surface area contributed by atoms with Crippen LogP contribution < -0.4 is 30.9 Å². The zero-order valence-electron chi connectivity index (χ0n) is 15.3. The van der Waals surface area contributed by atoms with Gasteiger partial charge in [-0.15, -0.1) is 5.10 Å². The second kappa shape index (κ2) is 9.54. The summed E-state index contributed by atoms with van der Waals surface area (Å²) in [6.07, 6.45) is 0.854. The molecule has 0 radical (unpaired) electrons. The second-order valence-corrected chi connectivity index (χ2v) is 6.61. The minimum Gasteiger partial charge on any atom is -0.545 e. The minimum atomic E-state index is -1.50. The number of primary amides is 1. The molecule has 29 heavy (non-hydrogen) atoms. The lowest BCUT2D eigenvalue weighted by Gasteiger charge is -2.15. The van der Waals surface area contributed by atoms with E-state index < -0.39 is 29.1 Å². The fraction of sp³-hybridized carbons (Fsp3) is 0.250. The lowest BCUT2D eigenvalue weighted by atomic mass is 10.1. The van der Waals surface area contributed by atoms with Crippen LogP contribution in [0.15, 0.2) is 22.3 Å². The number of carbonyl (C=O) groups is 4. The molecule has 1 aliphatic heterocycles. The smallest absolute Gasteiger partial charge is 0.318 e. The first-order chi connectivity index (χ1) is 13.8. The SMILES string of the molecule is COc1ccc(/C=N\N=C2\NC(=O)[C@H](CC(=O)NC(N)=O)S2)c(C(=O)[O-])c1OC. The van der Waals surface area contributed by atoms with Gasteiger partial charge in [-0.3, -0.25) is 14.9 Å². The molecule has 12 nitrogen and oxygen atoms in total. The van der Waals surface area contributed by atoms with Gasteiger partial charge in [-0.25, -0.2) is 4.79 Å². The number of amides is 4. The Hall–Kier alpha value is -3.61. The highest BCUT2D eigenvalue weighted by atomic mass is 32.2. The number of benzene rings is 1. The number of carbonyl (C=O) groups excluding carboxylic acids is 4. The molecule has 4 amide bonds. The van der Waals surface area contributed by atoms with Crippen LogP contribution >= 0.6 is 11.8 Å². The molecule has 2 rings (SSSR count). The minimum absolute atomic E-state index is 0.0341. The predicted molar refractivity (Wildman–Crippen MR) is 101 cm³/mol. The first-order valence-electron chi connectivity index (χ1n) is 7.91. The molecule has 0 aromatic heterocycles. The summed E-state index contributed by atoms with van der Waals surface area (Å²) in [7, 11) is 2.64. The van der Waals surface area contributed by atoms with Crippen LogP contribution in [0.3, 0.4) is 0 Å². The predicted octanol–water partition coefficient (Wildman–Crippen LogP) is -1.43. The molecule has 154 valence electrons. The third-order valence-electron chi connectivity index (χ3n) is 3.54. The lowest BCUT2D eigenvalue weighted by Crippen LogP contribution is -2.37. The summed E-state index contributed by atoms with van der Waals surface area (Å²) in [5, 5.41) is 22.6. The van der Waals surface area contributed by atoms with Crippen LogP contribution in [0.4, 0.5) is 4.79 Å². The number of urea groups is 1. The van der Waals surface area contributed by atoms with Crippen molar-refractivity contribution in [2.75, 3.05) is 14.2 Å². The van der Waals surface area contributed by atoms with E-state index in [4.69, 9.17) is 15.2 Å². The van der Waals surface area contributed by atoms with E-state index in [0.29, 0.717) is 0 Å². The van der Waals surface area contributed by atoms with Crippen LogP contribution in [0.5, 0.6) is 11.5 Å². The Balaban J connectivity index is 2.16. The Morgan fingerprint density at radius 2 is 2.07 bits per heavy atom. The van der Waals surface area contributed by atoms with Crippen LogP contribution in [0, 0.1) is 0 Å². The second-order valence-electron chi connectivity index (χ2n) is 5.41. The number of carboxylic acid groups (broad SMARTS) is 1. The molecule has 1 saturated heterocycles. The van der Waals surface area contributed by atoms with E-state index in [2.05, 4.69) is 15.5 Å². The third kappa shape index (κ3) is 5.44. The standard InChI is InChI=1S/C16H17N5O7S/c1-27-8-4-3-7(11(14(24)25)12(8)28-2)6-18-21-16-20-13(23)9(29-16)5-10(22)19-15(17)26/h3-4,6,9H,5H2,1-2H3,(H,24,25)(H,20,21,23)(H3,17,19,22,26)/p-1/b18-6-/t9-/m0/s1. The average Bonchev–Trinajstić information content (AvgIpc) is 2.99. The highest BCUT2D eigenvalue weighted by Gasteiger charge is 2.32. The summed E-state index contributed by atoms with van der Waals surface area (Å²) in [4.78, 5) is 45.5. The summed E-state index contributed by atoms with van der Waals surface area (Å²) < 4.78 is 10.1. The lowest BCUT2D eigenvalue weighted by molar-refractivity contribution is -0.255. The van der Waals surface area contributed by atoms with Gasteiger partial charge in [0.15, 0.2) is 16.7 Å². The summed E-state index contributed by atoms with van der Waals surface area (Å²) in [6.45, 7) is 0. The Morgan fingerprint density at radius 1 is 1.34 bits per heavy atom. The highest BCUT2D eigenvalue weighted by molar-refractivity contribution is 8.15. The van der Waals surface area contributed by atoms with Gasteiger partial charge in [-0.1, -0.05) is 11.8 Å². The van der Waals surface area contributed by atoms with Crippen LogP contribution in [0.1, 0.15) is 22.3 Å². The average molecular weight is 422 g/mol. The molecule has 1 atom stereocenters. The Labute approximate surface area is 168 Å². The largest absolute Gasteiger partial charge is 0.545 e. The topological polar surface area (TPSA) is 185 Å². The van der Waals surface area contributed by atoms with Crippen LogP contribution in [0.25, 0.3) is 0 Å². The number of nitrogens with zero attached hydrogens (tertiary/aromatic N) is 2. The number of aromatic carboxylic acids is 1. The number of imide groups is 1. The van der Waals surface area contributed by atoms with Crippen LogP contribution in [-0.4, -0.2) is 54.7 Å². The fourth-order valence-corrected chi connectivity index (χ4v) is 3.27. The van der Waals surface area contributed by atoms with Crippen molar-refractivity contribution >= 4 is 47.0 Å². The van der Waals surface area contributed by atoms with Crippen molar-refractivity contribution < 1.29 is 33.8 Å². The number of nitrogens with two attached hydrogens (primary N) is 1. The van der Waals surface area contributed by atoms with E-state index >= 15 is 0 Å². The Morgan fingerprint density at radius 3 is 2.66 bits per heavy atom. The van der Waals surface area contributed by atoms with Gasteiger partial charge in [-0.05, 0) is 12.1 Å². The Bertz CT molecular complexity index is 915. The maximum Gasteiger partial charge on any atom is 0.318 e. The quantitative estimate of drug-likeness (QED) is 0.353. The maximum absolute atomic E-state index is 11.9. The molecule has 0 unspecified atom stereocenters. The summed E-state index contributed by atoms with van der Waals surface area (Å²) in [6, 6.07) is 1.89. The molecule has 1 aliphatic rings. The van der Waals surface area contributed by atoms with E-state index in [1.807, 2.05) is 5.32 Å². The van der Waals surface area contributed by atoms with E-state index in [-0.39, 0.29) is 34.2 Å².